The molecule has 1 unspecified atom stereocenters. The summed E-state index contributed by atoms with van der Waals surface area (Å²) in [5.74, 6) is -0.600. The fourth-order valence-electron chi connectivity index (χ4n) is 3.29. The van der Waals surface area contributed by atoms with E-state index in [1.54, 1.807) is 20.0 Å². The zero-order chi connectivity index (χ0) is 16.8. The number of benzene rings is 1. The van der Waals surface area contributed by atoms with E-state index in [2.05, 4.69) is 5.32 Å². The standard InChI is InChI=1S/C18H26N2O3/c1-3-23-17(21)11-14(18(22)12-6-4-5-7-12)13-8-9-16(20-2)15(19)10-13/h8-10,12,14,20H,3-7,11,19H2,1-2H3. The molecule has 0 aliphatic heterocycles. The van der Waals surface area contributed by atoms with Crippen LogP contribution in [0.15, 0.2) is 18.2 Å². The van der Waals surface area contributed by atoms with Crippen LogP contribution in [0, 0.1) is 5.92 Å². The smallest absolute Gasteiger partial charge is 0.306 e. The average Bonchev–Trinajstić information content (AvgIpc) is 3.06. The Hall–Kier alpha value is -2.04. The highest BCUT2D eigenvalue weighted by molar-refractivity contribution is 5.92. The van der Waals surface area contributed by atoms with Crippen molar-refractivity contribution in [3.8, 4) is 0 Å². The first-order chi connectivity index (χ1) is 11.1. The summed E-state index contributed by atoms with van der Waals surface area (Å²) in [5, 5.41) is 3.01. The van der Waals surface area contributed by atoms with Crippen LogP contribution in [0.5, 0.6) is 0 Å². The van der Waals surface area contributed by atoms with E-state index in [0.29, 0.717) is 12.3 Å². The number of esters is 1. The number of nitrogens with one attached hydrogen (secondary N) is 1. The number of carbonyl (C=O) groups is 2. The number of anilines is 2. The second kappa shape index (κ2) is 7.99. The number of nitrogen functional groups attached to an aromatic ring is 1. The molecule has 1 atom stereocenters. The van der Waals surface area contributed by atoms with E-state index in [4.69, 9.17) is 10.5 Å². The van der Waals surface area contributed by atoms with Crippen LogP contribution in [0.2, 0.25) is 0 Å². The number of ketones is 1. The highest BCUT2D eigenvalue weighted by atomic mass is 16.5. The number of carbonyl (C=O) groups excluding carboxylic acids is 2. The average molecular weight is 318 g/mol. The first-order valence-electron chi connectivity index (χ1n) is 8.33. The Balaban J connectivity index is 2.26. The quantitative estimate of drug-likeness (QED) is 0.596. The second-order valence-corrected chi connectivity index (χ2v) is 6.04. The van der Waals surface area contributed by atoms with Crippen LogP contribution in [0.1, 0.15) is 50.5 Å². The van der Waals surface area contributed by atoms with Crippen LogP contribution in [0.25, 0.3) is 0 Å². The maximum atomic E-state index is 12.9. The Morgan fingerprint density at radius 3 is 2.61 bits per heavy atom. The third kappa shape index (κ3) is 4.24. The van der Waals surface area contributed by atoms with Gasteiger partial charge in [-0.1, -0.05) is 18.9 Å². The Morgan fingerprint density at radius 1 is 1.35 bits per heavy atom. The second-order valence-electron chi connectivity index (χ2n) is 6.04. The number of rotatable bonds is 7. The molecule has 0 bridgehead atoms. The van der Waals surface area contributed by atoms with Gasteiger partial charge in [-0.25, -0.2) is 0 Å². The van der Waals surface area contributed by atoms with Crippen molar-refractivity contribution < 1.29 is 14.3 Å². The summed E-state index contributed by atoms with van der Waals surface area (Å²) in [6.07, 6.45) is 4.10. The molecule has 126 valence electrons. The molecule has 23 heavy (non-hydrogen) atoms. The number of hydrogen-bond donors (Lipinski definition) is 2. The van der Waals surface area contributed by atoms with Gasteiger partial charge in [-0.3, -0.25) is 9.59 Å². The molecule has 1 aliphatic rings. The number of Topliss-reactive ketones (excluding diaryl/α,β-unsaturated/α-hetero) is 1. The van der Waals surface area contributed by atoms with Crippen molar-refractivity contribution in [1.82, 2.24) is 0 Å². The summed E-state index contributed by atoms with van der Waals surface area (Å²) in [5.41, 5.74) is 8.22. The summed E-state index contributed by atoms with van der Waals surface area (Å²) in [7, 11) is 1.80. The predicted octanol–water partition coefficient (Wildman–Crippen LogP) is 3.11. The van der Waals surface area contributed by atoms with Gasteiger partial charge in [0, 0.05) is 13.0 Å². The van der Waals surface area contributed by atoms with Gasteiger partial charge >= 0.3 is 5.97 Å². The van der Waals surface area contributed by atoms with E-state index in [0.717, 1.165) is 36.9 Å². The number of ether oxygens (including phenoxy) is 1. The number of nitrogens with two attached hydrogens (primary N) is 1. The molecule has 0 heterocycles. The van der Waals surface area contributed by atoms with Gasteiger partial charge in [-0.2, -0.15) is 0 Å². The largest absolute Gasteiger partial charge is 0.466 e. The molecule has 1 saturated carbocycles. The van der Waals surface area contributed by atoms with E-state index in [1.165, 1.54) is 0 Å². The van der Waals surface area contributed by atoms with E-state index in [-0.39, 0.29) is 24.1 Å². The summed E-state index contributed by atoms with van der Waals surface area (Å²) in [4.78, 5) is 24.8. The highest BCUT2D eigenvalue weighted by Crippen LogP contribution is 2.34. The maximum absolute atomic E-state index is 12.9. The molecule has 0 radical (unpaired) electrons. The first-order valence-corrected chi connectivity index (χ1v) is 8.33. The minimum Gasteiger partial charge on any atom is -0.466 e. The lowest BCUT2D eigenvalue weighted by molar-refractivity contribution is -0.145. The fraction of sp³-hybridized carbons (Fsp3) is 0.556. The SMILES string of the molecule is CCOC(=O)CC(C(=O)C1CCCC1)c1ccc(NC)c(N)c1. The Morgan fingerprint density at radius 2 is 2.04 bits per heavy atom. The van der Waals surface area contributed by atoms with E-state index in [9.17, 15) is 9.59 Å². The minimum atomic E-state index is -0.467. The highest BCUT2D eigenvalue weighted by Gasteiger charge is 2.32. The van der Waals surface area contributed by atoms with Crippen molar-refractivity contribution >= 4 is 23.1 Å². The Labute approximate surface area is 137 Å². The zero-order valence-electron chi connectivity index (χ0n) is 13.9. The zero-order valence-corrected chi connectivity index (χ0v) is 13.9. The van der Waals surface area contributed by atoms with Gasteiger partial charge < -0.3 is 15.8 Å². The van der Waals surface area contributed by atoms with Gasteiger partial charge in [0.25, 0.3) is 0 Å². The molecule has 0 amide bonds. The van der Waals surface area contributed by atoms with Crippen molar-refractivity contribution in [1.29, 1.82) is 0 Å². The lowest BCUT2D eigenvalue weighted by atomic mass is 9.84. The lowest BCUT2D eigenvalue weighted by Crippen LogP contribution is -2.24. The van der Waals surface area contributed by atoms with Crippen molar-refractivity contribution in [3.63, 3.8) is 0 Å². The van der Waals surface area contributed by atoms with Gasteiger partial charge in [-0.05, 0) is 37.5 Å². The van der Waals surface area contributed by atoms with Crippen LogP contribution in [-0.4, -0.2) is 25.4 Å². The molecular formula is C18H26N2O3. The van der Waals surface area contributed by atoms with Crippen LogP contribution in [0.4, 0.5) is 11.4 Å². The molecule has 5 heteroatoms. The third-order valence-electron chi connectivity index (χ3n) is 4.52. The van der Waals surface area contributed by atoms with Gasteiger partial charge in [-0.15, -0.1) is 0 Å². The topological polar surface area (TPSA) is 81.4 Å². The normalized spacial score (nSPS) is 16.1. The molecule has 3 N–H and O–H groups in total. The summed E-state index contributed by atoms with van der Waals surface area (Å²) < 4.78 is 5.05. The van der Waals surface area contributed by atoms with Crippen molar-refractivity contribution in [2.24, 2.45) is 5.92 Å². The summed E-state index contributed by atoms with van der Waals surface area (Å²) in [6.45, 7) is 2.09. The molecule has 1 aromatic carbocycles. The monoisotopic (exact) mass is 318 g/mol. The maximum Gasteiger partial charge on any atom is 0.306 e. The molecule has 5 nitrogen and oxygen atoms in total. The Kier molecular flexibility index (Phi) is 6.02. The minimum absolute atomic E-state index is 0.0552. The third-order valence-corrected chi connectivity index (χ3v) is 4.52. The summed E-state index contributed by atoms with van der Waals surface area (Å²) >= 11 is 0. The van der Waals surface area contributed by atoms with Gasteiger partial charge in [0.1, 0.15) is 5.78 Å². The molecule has 1 aliphatic carbocycles. The first kappa shape index (κ1) is 17.3. The van der Waals surface area contributed by atoms with Crippen molar-refractivity contribution in [2.45, 2.75) is 44.9 Å². The van der Waals surface area contributed by atoms with Crippen LogP contribution in [-0.2, 0) is 14.3 Å². The van der Waals surface area contributed by atoms with Gasteiger partial charge in [0.2, 0.25) is 0 Å². The Bertz CT molecular complexity index is 565. The molecule has 0 aromatic heterocycles. The van der Waals surface area contributed by atoms with E-state index >= 15 is 0 Å². The van der Waals surface area contributed by atoms with E-state index in [1.807, 2.05) is 12.1 Å². The molecular weight excluding hydrogens is 292 g/mol. The van der Waals surface area contributed by atoms with Gasteiger partial charge in [0.05, 0.1) is 30.3 Å². The fourth-order valence-corrected chi connectivity index (χ4v) is 3.29. The van der Waals surface area contributed by atoms with Crippen LogP contribution in [0.3, 0.4) is 0 Å². The molecule has 1 fully saturated rings. The molecule has 0 saturated heterocycles. The molecule has 2 rings (SSSR count). The predicted molar refractivity (Wildman–Crippen MR) is 91.4 cm³/mol. The van der Waals surface area contributed by atoms with Crippen LogP contribution >= 0.6 is 0 Å². The van der Waals surface area contributed by atoms with Crippen molar-refractivity contribution in [3.05, 3.63) is 23.8 Å². The molecule has 0 spiro atoms. The van der Waals surface area contributed by atoms with Crippen molar-refractivity contribution in [2.75, 3.05) is 24.7 Å². The molecule has 1 aromatic rings. The lowest BCUT2D eigenvalue weighted by Gasteiger charge is -2.20. The van der Waals surface area contributed by atoms with Gasteiger partial charge in [0.15, 0.2) is 0 Å². The summed E-state index contributed by atoms with van der Waals surface area (Å²) in [6, 6.07) is 5.52. The van der Waals surface area contributed by atoms with Crippen LogP contribution < -0.4 is 11.1 Å². The van der Waals surface area contributed by atoms with E-state index < -0.39 is 5.92 Å². The number of hydrogen-bond acceptors (Lipinski definition) is 5.